The molecule has 5 heteroatoms. The van der Waals surface area contributed by atoms with Gasteiger partial charge in [0.15, 0.2) is 5.89 Å². The van der Waals surface area contributed by atoms with Crippen LogP contribution in [0.4, 0.5) is 0 Å². The first-order valence-electron chi connectivity index (χ1n) is 8.00. The van der Waals surface area contributed by atoms with Crippen LogP contribution in [-0.4, -0.2) is 15.2 Å². The van der Waals surface area contributed by atoms with E-state index in [-0.39, 0.29) is 14.9 Å². The maximum absolute atomic E-state index is 5.38. The van der Waals surface area contributed by atoms with Crippen molar-refractivity contribution in [1.82, 2.24) is 15.2 Å². The van der Waals surface area contributed by atoms with E-state index in [1.807, 2.05) is 27.7 Å². The Hall–Kier alpha value is -1.65. The Morgan fingerprint density at radius 3 is 1.29 bits per heavy atom. The van der Waals surface area contributed by atoms with Crippen LogP contribution in [-0.2, 0) is 0 Å². The van der Waals surface area contributed by atoms with Crippen LogP contribution in [0.3, 0.4) is 0 Å². The van der Waals surface area contributed by atoms with E-state index >= 15 is 0 Å². The van der Waals surface area contributed by atoms with Gasteiger partial charge in [0.05, 0.1) is 5.69 Å². The zero-order valence-electron chi connectivity index (χ0n) is 15.0. The van der Waals surface area contributed by atoms with Gasteiger partial charge in [-0.15, -0.1) is 10.2 Å². The Morgan fingerprint density at radius 2 is 1.08 bits per heavy atom. The largest absolute Gasteiger partial charge is 0.448 e. The molecular formula is C19H37N3O2. The van der Waals surface area contributed by atoms with Crippen LogP contribution >= 0.6 is 0 Å². The van der Waals surface area contributed by atoms with E-state index in [1.54, 1.807) is 6.26 Å². The predicted octanol–water partition coefficient (Wildman–Crippen LogP) is 6.51. The van der Waals surface area contributed by atoms with Crippen molar-refractivity contribution in [2.24, 2.45) is 0 Å². The summed E-state index contributed by atoms with van der Waals surface area (Å²) < 4.78 is 10.7. The molecule has 0 aromatic carbocycles. The van der Waals surface area contributed by atoms with Crippen LogP contribution in [0.15, 0.2) is 15.1 Å². The van der Waals surface area contributed by atoms with Gasteiger partial charge < -0.3 is 8.83 Å². The molecule has 140 valence electrons. The highest BCUT2D eigenvalue weighted by molar-refractivity contribution is 5.03. The molecule has 0 saturated heterocycles. The molecule has 0 unspecified atom stereocenters. The maximum Gasteiger partial charge on any atom is 0.219 e. The molecule has 2 heterocycles. The zero-order valence-corrected chi connectivity index (χ0v) is 15.0. The summed E-state index contributed by atoms with van der Waals surface area (Å²) in [6.07, 6.45) is 1.75. The van der Waals surface area contributed by atoms with Gasteiger partial charge in [-0.1, -0.05) is 70.2 Å². The molecule has 2 rings (SSSR count). The van der Waals surface area contributed by atoms with Crippen molar-refractivity contribution in [2.75, 3.05) is 0 Å². The summed E-state index contributed by atoms with van der Waals surface area (Å²) in [6.45, 7) is 16.5. The van der Waals surface area contributed by atoms with Gasteiger partial charge in [-0.3, -0.25) is 0 Å². The highest BCUT2D eigenvalue weighted by Crippen LogP contribution is 2.18. The normalized spacial score (nSPS) is 10.5. The molecule has 2 aromatic rings. The van der Waals surface area contributed by atoms with Crippen LogP contribution < -0.4 is 0 Å². The van der Waals surface area contributed by atoms with Gasteiger partial charge in [-0.05, 0) is 5.92 Å². The minimum absolute atomic E-state index is 0. The third-order valence-corrected chi connectivity index (χ3v) is 3.07. The van der Waals surface area contributed by atoms with Gasteiger partial charge in [0.2, 0.25) is 11.8 Å². The standard InChI is InChI=1S/C9H15NO.C8H14N2O.2CH4/c1-6(2)8-5-11-9(10-8)7(3)4;1-5(2)7-9-10-8(11-7)6(3)4;;/h5-7H,1-4H3;5-6H,1-4H3;2*1H4. The molecule has 2 aromatic heterocycles. The van der Waals surface area contributed by atoms with E-state index in [1.165, 1.54) is 0 Å². The Morgan fingerprint density at radius 1 is 0.667 bits per heavy atom. The van der Waals surface area contributed by atoms with E-state index < -0.39 is 0 Å². The average molecular weight is 340 g/mol. The molecule has 0 bridgehead atoms. The summed E-state index contributed by atoms with van der Waals surface area (Å²) in [6, 6.07) is 0. The SMILES string of the molecule is C.C.CC(C)c1coc(C(C)C)n1.CC(C)c1nnc(C(C)C)o1. The van der Waals surface area contributed by atoms with E-state index in [0.717, 1.165) is 23.4 Å². The number of aromatic nitrogens is 3. The summed E-state index contributed by atoms with van der Waals surface area (Å²) in [7, 11) is 0. The lowest BCUT2D eigenvalue weighted by Gasteiger charge is -1.96. The van der Waals surface area contributed by atoms with Gasteiger partial charge >= 0.3 is 0 Å². The van der Waals surface area contributed by atoms with Crippen molar-refractivity contribution in [3.63, 3.8) is 0 Å². The molecule has 24 heavy (non-hydrogen) atoms. The second kappa shape index (κ2) is 11.0. The van der Waals surface area contributed by atoms with E-state index in [4.69, 9.17) is 8.83 Å². The van der Waals surface area contributed by atoms with E-state index in [9.17, 15) is 0 Å². The Labute approximate surface area is 148 Å². The fourth-order valence-electron chi connectivity index (χ4n) is 1.54. The highest BCUT2D eigenvalue weighted by atomic mass is 16.4. The van der Waals surface area contributed by atoms with Crippen LogP contribution in [0, 0.1) is 0 Å². The van der Waals surface area contributed by atoms with Crippen molar-refractivity contribution >= 4 is 0 Å². The Balaban J connectivity index is 0. The summed E-state index contributed by atoms with van der Waals surface area (Å²) in [5.74, 6) is 3.81. The summed E-state index contributed by atoms with van der Waals surface area (Å²) in [5, 5.41) is 7.84. The molecule has 0 N–H and O–H groups in total. The second-order valence-electron chi connectivity index (χ2n) is 6.71. The quantitative estimate of drug-likeness (QED) is 0.635. The molecule has 0 saturated carbocycles. The highest BCUT2D eigenvalue weighted by Gasteiger charge is 2.11. The van der Waals surface area contributed by atoms with Crippen molar-refractivity contribution in [2.45, 2.75) is 93.9 Å². The van der Waals surface area contributed by atoms with Crippen molar-refractivity contribution in [3.05, 3.63) is 29.6 Å². The van der Waals surface area contributed by atoms with Crippen LogP contribution in [0.25, 0.3) is 0 Å². The van der Waals surface area contributed by atoms with Gasteiger partial charge in [-0.25, -0.2) is 4.98 Å². The van der Waals surface area contributed by atoms with E-state index in [0.29, 0.717) is 23.7 Å². The number of nitrogens with zero attached hydrogens (tertiary/aromatic N) is 3. The minimum atomic E-state index is 0. The molecule has 0 radical (unpaired) electrons. The summed E-state index contributed by atoms with van der Waals surface area (Å²) in [4.78, 5) is 4.34. The number of hydrogen-bond acceptors (Lipinski definition) is 5. The fourth-order valence-corrected chi connectivity index (χ4v) is 1.54. The first-order valence-corrected chi connectivity index (χ1v) is 8.00. The summed E-state index contributed by atoms with van der Waals surface area (Å²) >= 11 is 0. The Kier molecular flexibility index (Phi) is 11.3. The molecule has 0 amide bonds. The number of hydrogen-bond donors (Lipinski definition) is 0. The third-order valence-electron chi connectivity index (χ3n) is 3.07. The van der Waals surface area contributed by atoms with Gasteiger partial charge in [-0.2, -0.15) is 0 Å². The maximum atomic E-state index is 5.38. The molecule has 0 aliphatic carbocycles. The predicted molar refractivity (Wildman–Crippen MR) is 101 cm³/mol. The number of rotatable bonds is 4. The monoisotopic (exact) mass is 339 g/mol. The average Bonchev–Trinajstić information content (AvgIpc) is 3.09. The van der Waals surface area contributed by atoms with Crippen LogP contribution in [0.1, 0.15) is 117 Å². The zero-order chi connectivity index (χ0) is 16.9. The third kappa shape index (κ3) is 7.28. The first kappa shape index (κ1) is 24.6. The Bertz CT molecular complexity index is 459. The number of oxazole rings is 1. The molecule has 0 spiro atoms. The lowest BCUT2D eigenvalue weighted by molar-refractivity contribution is 0.417. The molecule has 0 fully saturated rings. The minimum Gasteiger partial charge on any atom is -0.448 e. The molecule has 0 aliphatic heterocycles. The fraction of sp³-hybridized carbons (Fsp3) is 0.737. The molecule has 5 nitrogen and oxygen atoms in total. The van der Waals surface area contributed by atoms with Crippen molar-refractivity contribution in [3.8, 4) is 0 Å². The van der Waals surface area contributed by atoms with Gasteiger partial charge in [0, 0.05) is 17.8 Å². The molecule has 0 atom stereocenters. The lowest BCUT2D eigenvalue weighted by atomic mass is 10.1. The van der Waals surface area contributed by atoms with Crippen LogP contribution in [0.2, 0.25) is 0 Å². The molecule has 0 aliphatic rings. The van der Waals surface area contributed by atoms with Crippen LogP contribution in [0.5, 0.6) is 0 Å². The molecular weight excluding hydrogens is 302 g/mol. The van der Waals surface area contributed by atoms with Gasteiger partial charge in [0.1, 0.15) is 6.26 Å². The summed E-state index contributed by atoms with van der Waals surface area (Å²) in [5.41, 5.74) is 1.05. The lowest BCUT2D eigenvalue weighted by Crippen LogP contribution is -1.90. The van der Waals surface area contributed by atoms with Crippen molar-refractivity contribution < 1.29 is 8.83 Å². The van der Waals surface area contributed by atoms with Crippen molar-refractivity contribution in [1.29, 1.82) is 0 Å². The van der Waals surface area contributed by atoms with E-state index in [2.05, 4.69) is 42.9 Å². The second-order valence-corrected chi connectivity index (χ2v) is 6.71. The van der Waals surface area contributed by atoms with Gasteiger partial charge in [0.25, 0.3) is 0 Å². The first-order chi connectivity index (χ1) is 10.2. The topological polar surface area (TPSA) is 65.0 Å². The smallest absolute Gasteiger partial charge is 0.219 e.